The smallest absolute Gasteiger partial charge is 0.263 e. The summed E-state index contributed by atoms with van der Waals surface area (Å²) in [6.07, 6.45) is 3.02. The standard InChI is InChI=1S/C13H11NO2S2/c1-7-4-9-5-8(2-3-10(9)16-7)6-11-12(15)14-13(17)18-11/h2-3,5-7H,4H2,1H3,(H,14,15,17)/b11-6+. The molecular formula is C13H11NO2S2. The van der Waals surface area contributed by atoms with Crippen LogP contribution in [0.15, 0.2) is 23.1 Å². The summed E-state index contributed by atoms with van der Waals surface area (Å²) in [5.41, 5.74) is 2.21. The topological polar surface area (TPSA) is 38.3 Å². The highest BCUT2D eigenvalue weighted by atomic mass is 32.2. The van der Waals surface area contributed by atoms with E-state index in [1.165, 1.54) is 17.3 Å². The predicted molar refractivity (Wildman–Crippen MR) is 76.5 cm³/mol. The fourth-order valence-electron chi connectivity index (χ4n) is 2.10. The van der Waals surface area contributed by atoms with Crippen molar-refractivity contribution in [1.29, 1.82) is 0 Å². The summed E-state index contributed by atoms with van der Waals surface area (Å²) >= 11 is 6.26. The van der Waals surface area contributed by atoms with Gasteiger partial charge in [0.25, 0.3) is 5.91 Å². The number of carbonyl (C=O) groups excluding carboxylic acids is 1. The van der Waals surface area contributed by atoms with Crippen LogP contribution in [0, 0.1) is 0 Å². The van der Waals surface area contributed by atoms with E-state index in [2.05, 4.69) is 18.3 Å². The van der Waals surface area contributed by atoms with Gasteiger partial charge in [-0.05, 0) is 36.3 Å². The van der Waals surface area contributed by atoms with Gasteiger partial charge in [-0.3, -0.25) is 4.79 Å². The highest BCUT2D eigenvalue weighted by Crippen LogP contribution is 2.31. The molecule has 1 amide bonds. The Bertz CT molecular complexity index is 580. The second kappa shape index (κ2) is 4.40. The molecule has 3 rings (SSSR count). The third-order valence-corrected chi connectivity index (χ3v) is 4.02. The summed E-state index contributed by atoms with van der Waals surface area (Å²) in [5.74, 6) is 0.832. The second-order valence-electron chi connectivity index (χ2n) is 4.35. The Morgan fingerprint density at radius 1 is 1.56 bits per heavy atom. The minimum Gasteiger partial charge on any atom is -0.490 e. The van der Waals surface area contributed by atoms with Crippen LogP contribution in [0.2, 0.25) is 0 Å². The lowest BCUT2D eigenvalue weighted by Crippen LogP contribution is -2.17. The molecule has 5 heteroatoms. The molecule has 1 atom stereocenters. The van der Waals surface area contributed by atoms with Gasteiger partial charge in [0.2, 0.25) is 0 Å². The Morgan fingerprint density at radius 2 is 2.39 bits per heavy atom. The average Bonchev–Trinajstić information content (AvgIpc) is 2.80. The van der Waals surface area contributed by atoms with E-state index in [-0.39, 0.29) is 12.0 Å². The van der Waals surface area contributed by atoms with Gasteiger partial charge in [0.15, 0.2) is 0 Å². The summed E-state index contributed by atoms with van der Waals surface area (Å²) in [4.78, 5) is 12.2. The molecule has 0 aromatic heterocycles. The Kier molecular flexibility index (Phi) is 2.87. The number of carbonyl (C=O) groups is 1. The summed E-state index contributed by atoms with van der Waals surface area (Å²) in [5, 5.41) is 2.61. The van der Waals surface area contributed by atoms with Crippen LogP contribution in [0.4, 0.5) is 0 Å². The third-order valence-electron chi connectivity index (χ3n) is 2.86. The number of rotatable bonds is 1. The first kappa shape index (κ1) is 11.7. The van der Waals surface area contributed by atoms with E-state index in [0.29, 0.717) is 9.23 Å². The largest absolute Gasteiger partial charge is 0.490 e. The summed E-state index contributed by atoms with van der Waals surface area (Å²) in [7, 11) is 0. The number of ether oxygens (including phenoxy) is 1. The maximum Gasteiger partial charge on any atom is 0.263 e. The number of fused-ring (bicyclic) bond motifs is 1. The van der Waals surface area contributed by atoms with Crippen molar-refractivity contribution in [3.05, 3.63) is 34.2 Å². The lowest BCUT2D eigenvalue weighted by atomic mass is 10.1. The maximum absolute atomic E-state index is 11.6. The van der Waals surface area contributed by atoms with Gasteiger partial charge in [0.05, 0.1) is 4.91 Å². The molecule has 1 unspecified atom stereocenters. The lowest BCUT2D eigenvalue weighted by molar-refractivity contribution is -0.115. The molecule has 18 heavy (non-hydrogen) atoms. The molecule has 2 heterocycles. The SMILES string of the molecule is CC1Cc2cc(/C=C3/SC(=S)NC3=O)ccc2O1. The normalized spacial score (nSPS) is 24.1. The van der Waals surface area contributed by atoms with Gasteiger partial charge in [-0.25, -0.2) is 0 Å². The number of hydrogen-bond acceptors (Lipinski definition) is 4. The number of hydrogen-bond donors (Lipinski definition) is 1. The zero-order chi connectivity index (χ0) is 12.7. The number of amides is 1. The summed E-state index contributed by atoms with van der Waals surface area (Å²) < 4.78 is 6.16. The van der Waals surface area contributed by atoms with Crippen molar-refractivity contribution in [2.45, 2.75) is 19.4 Å². The first-order valence-corrected chi connectivity index (χ1v) is 6.89. The van der Waals surface area contributed by atoms with Crippen LogP contribution < -0.4 is 10.1 Å². The third kappa shape index (κ3) is 2.15. The minimum absolute atomic E-state index is 0.116. The maximum atomic E-state index is 11.6. The molecule has 1 aromatic rings. The van der Waals surface area contributed by atoms with E-state index in [9.17, 15) is 4.79 Å². The van der Waals surface area contributed by atoms with Crippen molar-refractivity contribution in [3.63, 3.8) is 0 Å². The van der Waals surface area contributed by atoms with Crippen LogP contribution >= 0.6 is 24.0 Å². The van der Waals surface area contributed by atoms with Gasteiger partial charge in [-0.15, -0.1) is 0 Å². The summed E-state index contributed by atoms with van der Waals surface area (Å²) in [6.45, 7) is 2.05. The van der Waals surface area contributed by atoms with Crippen molar-refractivity contribution >= 4 is 40.3 Å². The first-order chi connectivity index (χ1) is 8.61. The second-order valence-corrected chi connectivity index (χ2v) is 6.07. The monoisotopic (exact) mass is 277 g/mol. The van der Waals surface area contributed by atoms with Crippen molar-refractivity contribution in [3.8, 4) is 5.75 Å². The van der Waals surface area contributed by atoms with Crippen LogP contribution in [0.1, 0.15) is 18.1 Å². The van der Waals surface area contributed by atoms with Crippen LogP contribution in [-0.2, 0) is 11.2 Å². The van der Waals surface area contributed by atoms with Crippen molar-refractivity contribution in [1.82, 2.24) is 5.32 Å². The van der Waals surface area contributed by atoms with Crippen LogP contribution in [0.25, 0.3) is 6.08 Å². The molecular weight excluding hydrogens is 266 g/mol. The number of nitrogens with one attached hydrogen (secondary N) is 1. The fraction of sp³-hybridized carbons (Fsp3) is 0.231. The Morgan fingerprint density at radius 3 is 3.11 bits per heavy atom. The number of thiocarbonyl (C=S) groups is 1. The molecule has 1 fully saturated rings. The Hall–Kier alpha value is -1.33. The van der Waals surface area contributed by atoms with Crippen LogP contribution in [0.5, 0.6) is 5.75 Å². The molecule has 0 radical (unpaired) electrons. The van der Waals surface area contributed by atoms with Crippen LogP contribution in [-0.4, -0.2) is 16.3 Å². The van der Waals surface area contributed by atoms with Gasteiger partial charge in [0.1, 0.15) is 16.2 Å². The van der Waals surface area contributed by atoms with Gasteiger partial charge in [-0.2, -0.15) is 0 Å². The first-order valence-electron chi connectivity index (χ1n) is 5.66. The lowest BCUT2D eigenvalue weighted by Gasteiger charge is -2.02. The van der Waals surface area contributed by atoms with E-state index >= 15 is 0 Å². The van der Waals surface area contributed by atoms with Gasteiger partial charge < -0.3 is 10.1 Å². The van der Waals surface area contributed by atoms with E-state index < -0.39 is 0 Å². The molecule has 1 aromatic carbocycles. The van der Waals surface area contributed by atoms with Gasteiger partial charge >= 0.3 is 0 Å². The Labute approximate surface area is 115 Å². The fourth-order valence-corrected chi connectivity index (χ4v) is 3.15. The number of thioether (sulfide) groups is 1. The van der Waals surface area contributed by atoms with E-state index in [1.54, 1.807) is 0 Å². The molecule has 92 valence electrons. The van der Waals surface area contributed by atoms with Crippen molar-refractivity contribution in [2.24, 2.45) is 0 Å². The van der Waals surface area contributed by atoms with Crippen molar-refractivity contribution in [2.75, 3.05) is 0 Å². The highest BCUT2D eigenvalue weighted by Gasteiger charge is 2.23. The molecule has 3 nitrogen and oxygen atoms in total. The molecule has 0 saturated carbocycles. The van der Waals surface area contributed by atoms with E-state index in [1.807, 2.05) is 18.2 Å². The minimum atomic E-state index is -0.116. The molecule has 1 saturated heterocycles. The van der Waals surface area contributed by atoms with Crippen LogP contribution in [0.3, 0.4) is 0 Å². The highest BCUT2D eigenvalue weighted by molar-refractivity contribution is 8.26. The van der Waals surface area contributed by atoms with E-state index in [4.69, 9.17) is 17.0 Å². The summed E-state index contributed by atoms with van der Waals surface area (Å²) in [6, 6.07) is 5.99. The van der Waals surface area contributed by atoms with Gasteiger partial charge in [-0.1, -0.05) is 30.0 Å². The molecule has 2 aliphatic heterocycles. The van der Waals surface area contributed by atoms with Crippen molar-refractivity contribution < 1.29 is 9.53 Å². The predicted octanol–water partition coefficient (Wildman–Crippen LogP) is 2.50. The quantitative estimate of drug-likeness (QED) is 0.632. The average molecular weight is 277 g/mol. The molecule has 2 aliphatic rings. The Balaban J connectivity index is 1.91. The zero-order valence-corrected chi connectivity index (χ0v) is 11.4. The molecule has 0 bridgehead atoms. The zero-order valence-electron chi connectivity index (χ0n) is 9.73. The number of benzene rings is 1. The van der Waals surface area contributed by atoms with E-state index in [0.717, 1.165) is 17.7 Å². The van der Waals surface area contributed by atoms with Gasteiger partial charge in [0, 0.05) is 6.42 Å². The molecule has 0 aliphatic carbocycles. The molecule has 0 spiro atoms. The molecule has 1 N–H and O–H groups in total.